The summed E-state index contributed by atoms with van der Waals surface area (Å²) in [6.07, 6.45) is -0.234. The second-order valence-electron chi connectivity index (χ2n) is 3.85. The van der Waals surface area contributed by atoms with Gasteiger partial charge in [-0.1, -0.05) is 41.4 Å². The zero-order chi connectivity index (χ0) is 13.0. The van der Waals surface area contributed by atoms with E-state index in [9.17, 15) is 0 Å². The highest BCUT2D eigenvalue weighted by molar-refractivity contribution is 6.30. The first kappa shape index (κ1) is 13.2. The minimum Gasteiger partial charge on any atom is -0.484 e. The van der Waals surface area contributed by atoms with Gasteiger partial charge in [0.05, 0.1) is 0 Å². The van der Waals surface area contributed by atoms with Crippen molar-refractivity contribution >= 4 is 23.2 Å². The molecule has 2 aromatic carbocycles. The number of rotatable bonds is 4. The normalized spacial score (nSPS) is 12.2. The summed E-state index contributed by atoms with van der Waals surface area (Å²) >= 11 is 11.9. The van der Waals surface area contributed by atoms with E-state index in [1.807, 2.05) is 36.4 Å². The van der Waals surface area contributed by atoms with Gasteiger partial charge in [0, 0.05) is 16.6 Å². The van der Waals surface area contributed by atoms with Gasteiger partial charge >= 0.3 is 0 Å². The molecule has 0 fully saturated rings. The van der Waals surface area contributed by atoms with Crippen LogP contribution in [0, 0.1) is 0 Å². The average Bonchev–Trinajstić information content (AvgIpc) is 2.36. The van der Waals surface area contributed by atoms with Gasteiger partial charge in [-0.3, -0.25) is 0 Å². The Balaban J connectivity index is 2.19. The van der Waals surface area contributed by atoms with Crippen molar-refractivity contribution in [3.63, 3.8) is 0 Å². The molecule has 18 heavy (non-hydrogen) atoms. The maximum Gasteiger partial charge on any atom is 0.136 e. The standard InChI is InChI=1S/C14H13Cl2NO/c15-11-4-1-3-10(7-11)14(9-17)18-13-6-2-5-12(16)8-13/h1-8,14H,9,17H2. The van der Waals surface area contributed by atoms with Crippen LogP contribution in [0.1, 0.15) is 11.7 Å². The van der Waals surface area contributed by atoms with Crippen LogP contribution in [0.3, 0.4) is 0 Å². The van der Waals surface area contributed by atoms with E-state index in [0.717, 1.165) is 5.56 Å². The molecule has 0 amide bonds. The van der Waals surface area contributed by atoms with Crippen molar-refractivity contribution in [3.05, 3.63) is 64.1 Å². The summed E-state index contributed by atoms with van der Waals surface area (Å²) < 4.78 is 5.82. The molecule has 2 N–H and O–H groups in total. The molecular weight excluding hydrogens is 269 g/mol. The van der Waals surface area contributed by atoms with E-state index >= 15 is 0 Å². The van der Waals surface area contributed by atoms with Crippen LogP contribution in [0.5, 0.6) is 5.75 Å². The summed E-state index contributed by atoms with van der Waals surface area (Å²) in [5.41, 5.74) is 6.69. The molecule has 2 nitrogen and oxygen atoms in total. The lowest BCUT2D eigenvalue weighted by Gasteiger charge is -2.18. The van der Waals surface area contributed by atoms with Crippen molar-refractivity contribution in [3.8, 4) is 5.75 Å². The Kier molecular flexibility index (Phi) is 4.48. The molecule has 0 radical (unpaired) electrons. The first-order valence-corrected chi connectivity index (χ1v) is 6.32. The molecular formula is C14H13Cl2NO. The van der Waals surface area contributed by atoms with Crippen LogP contribution < -0.4 is 10.5 Å². The zero-order valence-corrected chi connectivity index (χ0v) is 11.2. The monoisotopic (exact) mass is 281 g/mol. The van der Waals surface area contributed by atoms with Gasteiger partial charge in [-0.25, -0.2) is 0 Å². The van der Waals surface area contributed by atoms with Gasteiger partial charge in [-0.2, -0.15) is 0 Å². The van der Waals surface area contributed by atoms with Crippen LogP contribution >= 0.6 is 23.2 Å². The van der Waals surface area contributed by atoms with Gasteiger partial charge in [0.1, 0.15) is 11.9 Å². The molecule has 2 rings (SSSR count). The molecule has 0 spiro atoms. The van der Waals surface area contributed by atoms with Gasteiger partial charge < -0.3 is 10.5 Å². The molecule has 4 heteroatoms. The lowest BCUT2D eigenvalue weighted by Crippen LogP contribution is -2.18. The fraction of sp³-hybridized carbons (Fsp3) is 0.143. The number of nitrogens with two attached hydrogens (primary N) is 1. The van der Waals surface area contributed by atoms with Crippen LogP contribution in [0.4, 0.5) is 0 Å². The number of benzene rings is 2. The lowest BCUT2D eigenvalue weighted by molar-refractivity contribution is 0.214. The summed E-state index contributed by atoms with van der Waals surface area (Å²) in [5.74, 6) is 0.693. The summed E-state index contributed by atoms with van der Waals surface area (Å²) in [7, 11) is 0. The highest BCUT2D eigenvalue weighted by Crippen LogP contribution is 2.25. The van der Waals surface area contributed by atoms with Crippen LogP contribution in [-0.2, 0) is 0 Å². The van der Waals surface area contributed by atoms with Gasteiger partial charge in [0.15, 0.2) is 0 Å². The maximum atomic E-state index is 5.96. The molecule has 94 valence electrons. The third kappa shape index (κ3) is 3.39. The largest absolute Gasteiger partial charge is 0.484 e. The molecule has 0 saturated heterocycles. The Hall–Kier alpha value is -1.22. The second kappa shape index (κ2) is 6.10. The van der Waals surface area contributed by atoms with E-state index in [2.05, 4.69) is 0 Å². The minimum atomic E-state index is -0.234. The third-order valence-corrected chi connectivity index (χ3v) is 2.98. The third-order valence-electron chi connectivity index (χ3n) is 2.51. The van der Waals surface area contributed by atoms with Crippen LogP contribution in [0.15, 0.2) is 48.5 Å². The van der Waals surface area contributed by atoms with E-state index < -0.39 is 0 Å². The van der Waals surface area contributed by atoms with Crippen molar-refractivity contribution in [1.29, 1.82) is 0 Å². The van der Waals surface area contributed by atoms with Gasteiger partial charge in [0.2, 0.25) is 0 Å². The van der Waals surface area contributed by atoms with Crippen molar-refractivity contribution in [2.75, 3.05) is 6.54 Å². The van der Waals surface area contributed by atoms with Gasteiger partial charge in [0.25, 0.3) is 0 Å². The fourth-order valence-electron chi connectivity index (χ4n) is 1.66. The van der Waals surface area contributed by atoms with Crippen molar-refractivity contribution in [2.24, 2.45) is 5.73 Å². The smallest absolute Gasteiger partial charge is 0.136 e. The minimum absolute atomic E-state index is 0.234. The quantitative estimate of drug-likeness (QED) is 0.917. The van der Waals surface area contributed by atoms with E-state index in [-0.39, 0.29) is 6.10 Å². The first-order chi connectivity index (χ1) is 8.69. The summed E-state index contributed by atoms with van der Waals surface area (Å²) in [6, 6.07) is 14.7. The van der Waals surface area contributed by atoms with Crippen molar-refractivity contribution in [2.45, 2.75) is 6.10 Å². The zero-order valence-electron chi connectivity index (χ0n) is 9.64. The molecule has 0 saturated carbocycles. The number of hydrogen-bond acceptors (Lipinski definition) is 2. The average molecular weight is 282 g/mol. The van der Waals surface area contributed by atoms with Crippen LogP contribution in [0.25, 0.3) is 0 Å². The highest BCUT2D eigenvalue weighted by Gasteiger charge is 2.12. The van der Waals surface area contributed by atoms with E-state index in [1.54, 1.807) is 12.1 Å². The molecule has 2 aromatic rings. The van der Waals surface area contributed by atoms with Gasteiger partial charge in [-0.05, 0) is 35.9 Å². The topological polar surface area (TPSA) is 35.2 Å². The Bertz CT molecular complexity index is 531. The number of halogens is 2. The second-order valence-corrected chi connectivity index (χ2v) is 4.73. The Labute approximate surface area is 116 Å². The number of ether oxygens (including phenoxy) is 1. The first-order valence-electron chi connectivity index (χ1n) is 5.57. The summed E-state index contributed by atoms with van der Waals surface area (Å²) in [4.78, 5) is 0. The molecule has 1 unspecified atom stereocenters. The highest BCUT2D eigenvalue weighted by atomic mass is 35.5. The fourth-order valence-corrected chi connectivity index (χ4v) is 2.04. The molecule has 0 aliphatic heterocycles. The molecule has 0 aromatic heterocycles. The summed E-state index contributed by atoms with van der Waals surface area (Å²) in [6.45, 7) is 0.368. The Morgan fingerprint density at radius 1 is 1.00 bits per heavy atom. The van der Waals surface area contributed by atoms with Crippen molar-refractivity contribution < 1.29 is 4.74 Å². The molecule has 0 aliphatic carbocycles. The maximum absolute atomic E-state index is 5.96. The van der Waals surface area contributed by atoms with Crippen LogP contribution in [-0.4, -0.2) is 6.54 Å². The Morgan fingerprint density at radius 3 is 2.28 bits per heavy atom. The lowest BCUT2D eigenvalue weighted by atomic mass is 10.1. The molecule has 0 aliphatic rings. The predicted octanol–water partition coefficient (Wildman–Crippen LogP) is 4.07. The van der Waals surface area contributed by atoms with Crippen LogP contribution in [0.2, 0.25) is 10.0 Å². The van der Waals surface area contributed by atoms with E-state index in [4.69, 9.17) is 33.7 Å². The number of hydrogen-bond donors (Lipinski definition) is 1. The molecule has 0 bridgehead atoms. The van der Waals surface area contributed by atoms with E-state index in [0.29, 0.717) is 22.3 Å². The SMILES string of the molecule is NCC(Oc1cccc(Cl)c1)c1cccc(Cl)c1. The summed E-state index contributed by atoms with van der Waals surface area (Å²) in [5, 5.41) is 1.30. The van der Waals surface area contributed by atoms with E-state index in [1.165, 1.54) is 0 Å². The predicted molar refractivity (Wildman–Crippen MR) is 75.3 cm³/mol. The Morgan fingerprint density at radius 2 is 1.67 bits per heavy atom. The molecule has 0 heterocycles. The van der Waals surface area contributed by atoms with Gasteiger partial charge in [-0.15, -0.1) is 0 Å². The molecule has 1 atom stereocenters. The van der Waals surface area contributed by atoms with Crippen molar-refractivity contribution in [1.82, 2.24) is 0 Å².